The molecule has 1 aromatic rings. The average molecular weight is 273 g/mol. The van der Waals surface area contributed by atoms with Crippen molar-refractivity contribution in [2.75, 3.05) is 13.1 Å². The number of hydrogen-bond acceptors (Lipinski definition) is 2. The Bertz CT molecular complexity index is 369. The van der Waals surface area contributed by atoms with Crippen LogP contribution in [0.25, 0.3) is 0 Å². The maximum absolute atomic E-state index is 13.4. The Hall–Kier alpha value is -0.610. The quantitative estimate of drug-likeness (QED) is 0.593. The molecule has 18 heavy (non-hydrogen) atoms. The molecule has 0 fully saturated rings. The van der Waals surface area contributed by atoms with Gasteiger partial charge >= 0.3 is 0 Å². The van der Waals surface area contributed by atoms with Gasteiger partial charge in [0, 0.05) is 16.7 Å². The SMILES string of the molecule is CC(C)CCNCC(C)Sc1cc(F)ccc1F. The van der Waals surface area contributed by atoms with Gasteiger partial charge in [0.2, 0.25) is 0 Å². The van der Waals surface area contributed by atoms with E-state index in [4.69, 9.17) is 0 Å². The van der Waals surface area contributed by atoms with Crippen molar-refractivity contribution in [2.24, 2.45) is 5.92 Å². The smallest absolute Gasteiger partial charge is 0.136 e. The molecule has 0 radical (unpaired) electrons. The van der Waals surface area contributed by atoms with Crippen LogP contribution in [0.15, 0.2) is 23.1 Å². The van der Waals surface area contributed by atoms with Gasteiger partial charge in [0.05, 0.1) is 0 Å². The Morgan fingerprint density at radius 1 is 1.22 bits per heavy atom. The second-order valence-electron chi connectivity index (χ2n) is 4.89. The number of rotatable bonds is 7. The maximum atomic E-state index is 13.4. The number of thioether (sulfide) groups is 1. The second-order valence-corrected chi connectivity index (χ2v) is 6.37. The second kappa shape index (κ2) is 7.74. The summed E-state index contributed by atoms with van der Waals surface area (Å²) >= 11 is 1.37. The predicted molar refractivity (Wildman–Crippen MR) is 74.0 cm³/mol. The van der Waals surface area contributed by atoms with Gasteiger partial charge in [-0.05, 0) is 37.1 Å². The molecule has 1 N–H and O–H groups in total. The molecule has 0 saturated heterocycles. The highest BCUT2D eigenvalue weighted by Crippen LogP contribution is 2.26. The topological polar surface area (TPSA) is 12.0 Å². The lowest BCUT2D eigenvalue weighted by Gasteiger charge is -2.13. The third-order valence-corrected chi connectivity index (χ3v) is 3.69. The highest BCUT2D eigenvalue weighted by Gasteiger charge is 2.09. The molecule has 1 aromatic carbocycles. The Morgan fingerprint density at radius 3 is 2.61 bits per heavy atom. The predicted octanol–water partition coefficient (Wildman–Crippen LogP) is 4.08. The average Bonchev–Trinajstić information content (AvgIpc) is 2.29. The lowest BCUT2D eigenvalue weighted by molar-refractivity contribution is 0.538. The van der Waals surface area contributed by atoms with Crippen LogP contribution in [0.3, 0.4) is 0 Å². The molecule has 0 heterocycles. The zero-order valence-electron chi connectivity index (χ0n) is 11.2. The van der Waals surface area contributed by atoms with Crippen molar-refractivity contribution in [2.45, 2.75) is 37.3 Å². The largest absolute Gasteiger partial charge is 0.316 e. The lowest BCUT2D eigenvalue weighted by Crippen LogP contribution is -2.24. The fourth-order valence-corrected chi connectivity index (χ4v) is 2.52. The third kappa shape index (κ3) is 5.83. The van der Waals surface area contributed by atoms with Gasteiger partial charge in [-0.15, -0.1) is 11.8 Å². The molecule has 0 bridgehead atoms. The number of halogens is 2. The van der Waals surface area contributed by atoms with Crippen LogP contribution in [-0.4, -0.2) is 18.3 Å². The van der Waals surface area contributed by atoms with Crippen LogP contribution < -0.4 is 5.32 Å². The third-order valence-electron chi connectivity index (χ3n) is 2.55. The number of nitrogens with one attached hydrogen (secondary N) is 1. The summed E-state index contributed by atoms with van der Waals surface area (Å²) in [5.74, 6) is -0.0598. The van der Waals surface area contributed by atoms with Crippen molar-refractivity contribution in [3.63, 3.8) is 0 Å². The minimum Gasteiger partial charge on any atom is -0.316 e. The number of benzene rings is 1. The molecule has 1 nitrogen and oxygen atoms in total. The van der Waals surface area contributed by atoms with E-state index in [1.807, 2.05) is 6.92 Å². The first-order valence-electron chi connectivity index (χ1n) is 6.31. The summed E-state index contributed by atoms with van der Waals surface area (Å²) in [5.41, 5.74) is 0. The zero-order chi connectivity index (χ0) is 13.5. The van der Waals surface area contributed by atoms with E-state index in [1.165, 1.54) is 23.9 Å². The van der Waals surface area contributed by atoms with Gasteiger partial charge in [-0.1, -0.05) is 20.8 Å². The normalized spacial score (nSPS) is 13.0. The molecule has 0 amide bonds. The summed E-state index contributed by atoms with van der Waals surface area (Å²) in [4.78, 5) is 0.383. The number of hydrogen-bond donors (Lipinski definition) is 1. The van der Waals surface area contributed by atoms with E-state index in [1.54, 1.807) is 0 Å². The summed E-state index contributed by atoms with van der Waals surface area (Å²) in [7, 11) is 0. The highest BCUT2D eigenvalue weighted by molar-refractivity contribution is 8.00. The molecule has 1 atom stereocenters. The van der Waals surface area contributed by atoms with Gasteiger partial charge < -0.3 is 5.32 Å². The van der Waals surface area contributed by atoms with Crippen molar-refractivity contribution >= 4 is 11.8 Å². The van der Waals surface area contributed by atoms with Gasteiger partial charge in [0.25, 0.3) is 0 Å². The van der Waals surface area contributed by atoms with Gasteiger partial charge in [0.15, 0.2) is 0 Å². The molecule has 0 aliphatic carbocycles. The van der Waals surface area contributed by atoms with E-state index >= 15 is 0 Å². The van der Waals surface area contributed by atoms with Crippen molar-refractivity contribution in [1.82, 2.24) is 5.32 Å². The fraction of sp³-hybridized carbons (Fsp3) is 0.571. The monoisotopic (exact) mass is 273 g/mol. The minimum atomic E-state index is -0.390. The highest BCUT2D eigenvalue weighted by atomic mass is 32.2. The molecular formula is C14H21F2NS. The van der Waals surface area contributed by atoms with E-state index in [0.717, 1.165) is 25.6 Å². The maximum Gasteiger partial charge on any atom is 0.136 e. The van der Waals surface area contributed by atoms with Crippen molar-refractivity contribution in [3.8, 4) is 0 Å². The van der Waals surface area contributed by atoms with E-state index in [-0.39, 0.29) is 16.9 Å². The summed E-state index contributed by atoms with van der Waals surface area (Å²) in [6.07, 6.45) is 1.13. The van der Waals surface area contributed by atoms with Crippen LogP contribution in [0.5, 0.6) is 0 Å². The Labute approximate surface area is 112 Å². The Balaban J connectivity index is 2.35. The van der Waals surface area contributed by atoms with E-state index in [9.17, 15) is 8.78 Å². The van der Waals surface area contributed by atoms with Crippen LogP contribution in [0, 0.1) is 17.6 Å². The molecule has 1 rings (SSSR count). The summed E-state index contributed by atoms with van der Waals surface area (Å²) in [6.45, 7) is 8.14. The fourth-order valence-electron chi connectivity index (χ4n) is 1.52. The summed E-state index contributed by atoms with van der Waals surface area (Å²) in [6, 6.07) is 3.58. The molecule has 0 spiro atoms. The van der Waals surface area contributed by atoms with Crippen LogP contribution in [0.1, 0.15) is 27.2 Å². The van der Waals surface area contributed by atoms with Crippen molar-refractivity contribution in [3.05, 3.63) is 29.8 Å². The lowest BCUT2D eigenvalue weighted by atomic mass is 10.1. The van der Waals surface area contributed by atoms with Crippen LogP contribution >= 0.6 is 11.8 Å². The Morgan fingerprint density at radius 2 is 1.94 bits per heavy atom. The Kier molecular flexibility index (Phi) is 6.65. The first kappa shape index (κ1) is 15.4. The van der Waals surface area contributed by atoms with E-state index in [2.05, 4.69) is 19.2 Å². The van der Waals surface area contributed by atoms with Crippen molar-refractivity contribution < 1.29 is 8.78 Å². The van der Waals surface area contributed by atoms with Crippen LogP contribution in [0.2, 0.25) is 0 Å². The van der Waals surface area contributed by atoms with Crippen LogP contribution in [0.4, 0.5) is 8.78 Å². The minimum absolute atomic E-state index is 0.216. The van der Waals surface area contributed by atoms with Gasteiger partial charge in [-0.3, -0.25) is 0 Å². The van der Waals surface area contributed by atoms with Crippen LogP contribution in [-0.2, 0) is 0 Å². The molecule has 102 valence electrons. The first-order chi connectivity index (χ1) is 8.49. The first-order valence-corrected chi connectivity index (χ1v) is 7.19. The molecule has 0 aliphatic rings. The van der Waals surface area contributed by atoms with Gasteiger partial charge in [-0.25, -0.2) is 8.78 Å². The van der Waals surface area contributed by atoms with Gasteiger partial charge in [-0.2, -0.15) is 0 Å². The standard InChI is InChI=1S/C14H21F2NS/c1-10(2)6-7-17-9-11(3)18-14-8-12(15)4-5-13(14)16/h4-5,8,10-11,17H,6-7,9H2,1-3H3. The molecule has 1 unspecified atom stereocenters. The van der Waals surface area contributed by atoms with Crippen molar-refractivity contribution in [1.29, 1.82) is 0 Å². The van der Waals surface area contributed by atoms with E-state index in [0.29, 0.717) is 10.8 Å². The van der Waals surface area contributed by atoms with E-state index < -0.39 is 0 Å². The summed E-state index contributed by atoms with van der Waals surface area (Å²) < 4.78 is 26.4. The zero-order valence-corrected chi connectivity index (χ0v) is 12.0. The van der Waals surface area contributed by atoms with Gasteiger partial charge in [0.1, 0.15) is 11.6 Å². The molecule has 0 aromatic heterocycles. The molecule has 0 saturated carbocycles. The molecular weight excluding hydrogens is 252 g/mol. The molecule has 0 aliphatic heterocycles. The summed E-state index contributed by atoms with van der Waals surface area (Å²) in [5, 5.41) is 3.55. The molecule has 4 heteroatoms.